The first-order chi connectivity index (χ1) is 4.77. The van der Waals surface area contributed by atoms with Gasteiger partial charge in [-0.25, -0.2) is 0 Å². The van der Waals surface area contributed by atoms with Crippen molar-refractivity contribution in [2.75, 3.05) is 0 Å². The van der Waals surface area contributed by atoms with Crippen LogP contribution in [0.3, 0.4) is 0 Å². The summed E-state index contributed by atoms with van der Waals surface area (Å²) in [6.07, 6.45) is 5.28. The predicted octanol–water partition coefficient (Wildman–Crippen LogP) is 1.31. The molecule has 2 nitrogen and oxygen atoms in total. The number of carbonyl (C=O) groups is 1. The van der Waals surface area contributed by atoms with Gasteiger partial charge in [0.15, 0.2) is 0 Å². The molecular weight excluding hydrogens is 139 g/mol. The van der Waals surface area contributed by atoms with E-state index >= 15 is 0 Å². The fourth-order valence-electron chi connectivity index (χ4n) is 0.705. The van der Waals surface area contributed by atoms with E-state index in [4.69, 9.17) is 5.11 Å². The second kappa shape index (κ2) is 7.32. The van der Waals surface area contributed by atoms with Gasteiger partial charge in [-0.05, 0) is 0 Å². The summed E-state index contributed by atoms with van der Waals surface area (Å²) in [6, 6.07) is 0. The molecule has 0 saturated carbocycles. The van der Waals surface area contributed by atoms with Gasteiger partial charge < -0.3 is 0 Å². The molecule has 0 heterocycles. The Morgan fingerprint density at radius 2 is 2.20 bits per heavy atom. The van der Waals surface area contributed by atoms with Crippen LogP contribution in [0.2, 0.25) is 0 Å². The molecular formula is C7H11NaO2. The van der Waals surface area contributed by atoms with Crippen LogP contribution in [0.4, 0.5) is 0 Å². The van der Waals surface area contributed by atoms with Crippen molar-refractivity contribution in [3.05, 3.63) is 9.40 Å². The third kappa shape index (κ3) is 8.21. The molecule has 0 aliphatic carbocycles. The van der Waals surface area contributed by atoms with E-state index in [1.165, 1.54) is 0 Å². The molecule has 0 fully saturated rings. The Kier molecular flexibility index (Phi) is 7.47. The first-order valence-corrected chi connectivity index (χ1v) is 4.75. The second-order valence-electron chi connectivity index (χ2n) is 2.21. The van der Waals surface area contributed by atoms with Crippen LogP contribution in [-0.2, 0) is 4.79 Å². The molecule has 10 heavy (non-hydrogen) atoms. The van der Waals surface area contributed by atoms with Crippen molar-refractivity contribution < 1.29 is 9.90 Å². The SMILES string of the molecule is O=C(O)CCCCC=[CH][Na]. The van der Waals surface area contributed by atoms with Crippen LogP contribution in [0.1, 0.15) is 25.7 Å². The molecule has 0 spiro atoms. The van der Waals surface area contributed by atoms with Gasteiger partial charge in [-0.15, -0.1) is 0 Å². The summed E-state index contributed by atoms with van der Waals surface area (Å²) in [4.78, 5) is 10.0. The van der Waals surface area contributed by atoms with E-state index in [0.717, 1.165) is 47.2 Å². The zero-order chi connectivity index (χ0) is 7.82. The molecule has 0 bridgehead atoms. The van der Waals surface area contributed by atoms with Gasteiger partial charge in [0.25, 0.3) is 0 Å². The van der Waals surface area contributed by atoms with Gasteiger partial charge in [0.05, 0.1) is 0 Å². The number of rotatable bonds is 5. The molecule has 0 rings (SSSR count). The van der Waals surface area contributed by atoms with Crippen LogP contribution in [0.15, 0.2) is 9.40 Å². The molecule has 0 aromatic rings. The Morgan fingerprint density at radius 3 is 2.70 bits per heavy atom. The number of carboxylic acids is 1. The van der Waals surface area contributed by atoms with Gasteiger partial charge in [-0.1, -0.05) is 0 Å². The summed E-state index contributed by atoms with van der Waals surface area (Å²) in [5, 5.41) is 8.26. The van der Waals surface area contributed by atoms with E-state index in [-0.39, 0.29) is 0 Å². The van der Waals surface area contributed by atoms with Crippen molar-refractivity contribution in [2.24, 2.45) is 0 Å². The Balaban J connectivity index is 2.98. The van der Waals surface area contributed by atoms with Gasteiger partial charge in [0, 0.05) is 0 Å². The average Bonchev–Trinajstić information content (AvgIpc) is 1.87. The van der Waals surface area contributed by atoms with Crippen LogP contribution >= 0.6 is 0 Å². The first-order valence-electron chi connectivity index (χ1n) is 3.60. The molecule has 0 radical (unpaired) electrons. The summed E-state index contributed by atoms with van der Waals surface area (Å²) in [7, 11) is 0. The van der Waals surface area contributed by atoms with Crippen LogP contribution in [0, 0.1) is 0 Å². The summed E-state index contributed by atoms with van der Waals surface area (Å²) in [5.41, 5.74) is 0. The van der Waals surface area contributed by atoms with E-state index in [1.807, 2.05) is 0 Å². The molecule has 3 heteroatoms. The molecule has 0 aromatic carbocycles. The van der Waals surface area contributed by atoms with Gasteiger partial charge in [-0.3, -0.25) is 0 Å². The van der Waals surface area contributed by atoms with E-state index in [2.05, 4.69) is 9.40 Å². The van der Waals surface area contributed by atoms with Gasteiger partial charge in [-0.2, -0.15) is 0 Å². The van der Waals surface area contributed by atoms with E-state index in [0.29, 0.717) is 6.42 Å². The summed E-state index contributed by atoms with van der Waals surface area (Å²) in [5.74, 6) is -0.685. The average molecular weight is 150 g/mol. The molecule has 0 saturated heterocycles. The summed E-state index contributed by atoms with van der Waals surface area (Å²) in [6.45, 7) is 0. The number of hydrogen-bond acceptors (Lipinski definition) is 1. The second-order valence-corrected chi connectivity index (χ2v) is 2.88. The minimum atomic E-state index is -0.685. The van der Waals surface area contributed by atoms with Crippen molar-refractivity contribution in [2.45, 2.75) is 25.7 Å². The van der Waals surface area contributed by atoms with E-state index < -0.39 is 5.97 Å². The molecule has 0 unspecified atom stereocenters. The molecule has 0 atom stereocenters. The molecule has 1 N–H and O–H groups in total. The van der Waals surface area contributed by atoms with E-state index in [1.54, 1.807) is 0 Å². The van der Waals surface area contributed by atoms with Gasteiger partial charge in [0.1, 0.15) is 0 Å². The standard InChI is InChI=1S/C7H11O2.Na/c1-2-3-4-5-6-7(8)9;/h1-2H,3-6H2,(H,8,9);. The Hall–Kier alpha value is 0.210. The molecule has 0 aliphatic rings. The topological polar surface area (TPSA) is 37.3 Å². The summed E-state index contributed by atoms with van der Waals surface area (Å²) < 4.78 is 2.13. The Labute approximate surface area is 78.7 Å². The first kappa shape index (κ1) is 10.2. The third-order valence-electron chi connectivity index (χ3n) is 1.25. The third-order valence-corrected chi connectivity index (χ3v) is 1.72. The maximum absolute atomic E-state index is 10.0. The number of allylic oxidation sites excluding steroid dienone is 1. The zero-order valence-corrected chi connectivity index (χ0v) is 8.34. The predicted molar refractivity (Wildman–Crippen MR) is 41.0 cm³/mol. The zero-order valence-electron chi connectivity index (χ0n) is 6.34. The van der Waals surface area contributed by atoms with Gasteiger partial charge >= 0.3 is 78.9 Å². The van der Waals surface area contributed by atoms with Crippen LogP contribution in [0.5, 0.6) is 0 Å². The number of aliphatic carboxylic acids is 1. The van der Waals surface area contributed by atoms with Crippen molar-refractivity contribution in [3.8, 4) is 0 Å². The van der Waals surface area contributed by atoms with Crippen LogP contribution in [0.25, 0.3) is 0 Å². The number of hydrogen-bond donors (Lipinski definition) is 1. The normalized spacial score (nSPS) is 10.6. The fourth-order valence-corrected chi connectivity index (χ4v) is 1.04. The number of unbranched alkanes of at least 4 members (excludes halogenated alkanes) is 2. The minimum absolute atomic E-state index is 0.314. The fraction of sp³-hybridized carbons (Fsp3) is 0.571. The quantitative estimate of drug-likeness (QED) is 0.474. The Bertz CT molecular complexity index is 121. The van der Waals surface area contributed by atoms with Crippen LogP contribution in [-0.4, -0.2) is 39.0 Å². The van der Waals surface area contributed by atoms with Crippen molar-refractivity contribution in [1.82, 2.24) is 0 Å². The molecule has 52 valence electrons. The molecule has 0 amide bonds. The van der Waals surface area contributed by atoms with Crippen molar-refractivity contribution >= 4 is 33.9 Å². The molecule has 0 aromatic heterocycles. The monoisotopic (exact) mass is 150 g/mol. The van der Waals surface area contributed by atoms with Crippen molar-refractivity contribution in [1.29, 1.82) is 0 Å². The maximum atomic E-state index is 10.0. The van der Waals surface area contributed by atoms with Crippen LogP contribution < -0.4 is 0 Å². The Morgan fingerprint density at radius 1 is 1.50 bits per heavy atom. The summed E-state index contributed by atoms with van der Waals surface area (Å²) >= 11 is 1.11. The van der Waals surface area contributed by atoms with E-state index in [9.17, 15) is 4.79 Å². The molecule has 0 aliphatic heterocycles. The number of carboxylic acid groups (broad SMARTS) is 1. The van der Waals surface area contributed by atoms with Gasteiger partial charge in [0.2, 0.25) is 0 Å². The van der Waals surface area contributed by atoms with Crippen molar-refractivity contribution in [3.63, 3.8) is 0 Å².